The van der Waals surface area contributed by atoms with Gasteiger partial charge in [0.15, 0.2) is 0 Å². The van der Waals surface area contributed by atoms with Crippen molar-refractivity contribution >= 4 is 17.4 Å². The van der Waals surface area contributed by atoms with Gasteiger partial charge < -0.3 is 20.1 Å². The average Bonchev–Trinajstić information content (AvgIpc) is 2.73. The van der Waals surface area contributed by atoms with E-state index >= 15 is 0 Å². The Morgan fingerprint density at radius 3 is 2.37 bits per heavy atom. The van der Waals surface area contributed by atoms with Gasteiger partial charge in [-0.2, -0.15) is 0 Å². The van der Waals surface area contributed by atoms with Crippen molar-refractivity contribution in [2.24, 2.45) is 0 Å². The number of benzene rings is 1. The molecule has 0 atom stereocenters. The van der Waals surface area contributed by atoms with Gasteiger partial charge >= 0.3 is 0 Å². The van der Waals surface area contributed by atoms with Gasteiger partial charge in [0.2, 0.25) is 0 Å². The fraction of sp³-hybridized carbons (Fsp3) is 0.150. The summed E-state index contributed by atoms with van der Waals surface area (Å²) in [6.45, 7) is 0.639. The highest BCUT2D eigenvalue weighted by atomic mass is 16.5. The molecule has 0 saturated heterocycles. The molecule has 0 fully saturated rings. The fourth-order valence-corrected chi connectivity index (χ4v) is 2.53. The number of nitrogens with one attached hydrogen (secondary N) is 2. The first-order valence-corrected chi connectivity index (χ1v) is 8.32. The van der Waals surface area contributed by atoms with Crippen LogP contribution in [-0.4, -0.2) is 30.1 Å². The smallest absolute Gasteiger partial charge is 0.264 e. The Bertz CT molecular complexity index is 877. The van der Waals surface area contributed by atoms with Crippen LogP contribution in [0.3, 0.4) is 0 Å². The van der Waals surface area contributed by atoms with Gasteiger partial charge in [-0.25, -0.2) is 4.98 Å². The van der Waals surface area contributed by atoms with Crippen molar-refractivity contribution in [3.05, 3.63) is 72.2 Å². The quantitative estimate of drug-likeness (QED) is 0.669. The van der Waals surface area contributed by atoms with E-state index in [0.29, 0.717) is 29.4 Å². The van der Waals surface area contributed by atoms with Crippen molar-refractivity contribution in [1.82, 2.24) is 9.97 Å². The second-order valence-corrected chi connectivity index (χ2v) is 5.64. The summed E-state index contributed by atoms with van der Waals surface area (Å²) in [5.74, 6) is 0.941. The van der Waals surface area contributed by atoms with E-state index in [4.69, 9.17) is 9.47 Å². The standard InChI is InChI=1S/C20H20N4O3/c1-26-16-6-3-7-17(27-2)19(16)20(25)24-18-9-8-15(13-23-18)22-12-14-5-4-10-21-11-14/h3-11,13,22H,12H2,1-2H3,(H,23,24,25). The highest BCUT2D eigenvalue weighted by Crippen LogP contribution is 2.28. The van der Waals surface area contributed by atoms with Crippen LogP contribution in [0, 0.1) is 0 Å². The zero-order chi connectivity index (χ0) is 19.1. The van der Waals surface area contributed by atoms with E-state index in [-0.39, 0.29) is 5.91 Å². The molecule has 138 valence electrons. The maximum atomic E-state index is 12.6. The molecule has 0 spiro atoms. The molecule has 1 amide bonds. The summed E-state index contributed by atoms with van der Waals surface area (Å²) in [4.78, 5) is 21.0. The number of aromatic nitrogens is 2. The minimum absolute atomic E-state index is 0.322. The van der Waals surface area contributed by atoms with Crippen LogP contribution in [0.25, 0.3) is 0 Å². The van der Waals surface area contributed by atoms with Crippen molar-refractivity contribution < 1.29 is 14.3 Å². The van der Waals surface area contributed by atoms with Crippen LogP contribution in [0.2, 0.25) is 0 Å². The molecule has 0 aliphatic rings. The molecule has 1 aromatic carbocycles. The highest BCUT2D eigenvalue weighted by Gasteiger charge is 2.18. The molecule has 0 saturated carbocycles. The average molecular weight is 364 g/mol. The number of methoxy groups -OCH3 is 2. The van der Waals surface area contributed by atoms with Gasteiger partial charge in [-0.3, -0.25) is 9.78 Å². The van der Waals surface area contributed by atoms with E-state index in [0.717, 1.165) is 11.3 Å². The van der Waals surface area contributed by atoms with Crippen molar-refractivity contribution in [2.45, 2.75) is 6.54 Å². The lowest BCUT2D eigenvalue weighted by molar-refractivity contribution is 0.102. The Morgan fingerprint density at radius 2 is 1.78 bits per heavy atom. The van der Waals surface area contributed by atoms with Crippen molar-refractivity contribution in [3.63, 3.8) is 0 Å². The molecule has 0 radical (unpaired) electrons. The molecule has 2 aromatic heterocycles. The SMILES string of the molecule is COc1cccc(OC)c1C(=O)Nc1ccc(NCc2cccnc2)cn1. The Kier molecular flexibility index (Phi) is 5.84. The first-order valence-electron chi connectivity index (χ1n) is 8.32. The van der Waals surface area contributed by atoms with Gasteiger partial charge in [0, 0.05) is 18.9 Å². The molecular weight excluding hydrogens is 344 g/mol. The first kappa shape index (κ1) is 18.2. The lowest BCUT2D eigenvalue weighted by Crippen LogP contribution is -2.15. The molecule has 2 heterocycles. The van der Waals surface area contributed by atoms with E-state index in [9.17, 15) is 4.79 Å². The molecule has 7 heteroatoms. The summed E-state index contributed by atoms with van der Waals surface area (Å²) in [6.07, 6.45) is 5.19. The van der Waals surface area contributed by atoms with Crippen molar-refractivity contribution in [1.29, 1.82) is 0 Å². The summed E-state index contributed by atoms with van der Waals surface area (Å²) in [5.41, 5.74) is 2.23. The summed E-state index contributed by atoms with van der Waals surface area (Å²) in [7, 11) is 3.01. The van der Waals surface area contributed by atoms with Crippen LogP contribution >= 0.6 is 0 Å². The normalized spacial score (nSPS) is 10.1. The van der Waals surface area contributed by atoms with E-state index in [2.05, 4.69) is 20.6 Å². The molecule has 3 rings (SSSR count). The van der Waals surface area contributed by atoms with Gasteiger partial charge in [-0.05, 0) is 35.9 Å². The number of hydrogen-bond acceptors (Lipinski definition) is 6. The Hall–Kier alpha value is -3.61. The predicted molar refractivity (Wildman–Crippen MR) is 103 cm³/mol. The van der Waals surface area contributed by atoms with Crippen molar-refractivity contribution in [3.8, 4) is 11.5 Å². The zero-order valence-electron chi connectivity index (χ0n) is 15.1. The molecule has 27 heavy (non-hydrogen) atoms. The molecule has 0 bridgehead atoms. The van der Waals surface area contributed by atoms with Gasteiger partial charge in [0.25, 0.3) is 5.91 Å². The number of rotatable bonds is 7. The number of carbonyl (C=O) groups excluding carboxylic acids is 1. The van der Waals surface area contributed by atoms with E-state index < -0.39 is 0 Å². The van der Waals surface area contributed by atoms with Crippen LogP contribution < -0.4 is 20.1 Å². The van der Waals surface area contributed by atoms with E-state index in [1.54, 1.807) is 42.9 Å². The third-order valence-electron chi connectivity index (χ3n) is 3.88. The fourth-order valence-electron chi connectivity index (χ4n) is 2.53. The number of pyridine rings is 2. The molecule has 0 aliphatic carbocycles. The number of amides is 1. The number of ether oxygens (including phenoxy) is 2. The van der Waals surface area contributed by atoms with E-state index in [1.165, 1.54) is 14.2 Å². The molecule has 2 N–H and O–H groups in total. The minimum atomic E-state index is -0.354. The Morgan fingerprint density at radius 1 is 1.00 bits per heavy atom. The third-order valence-corrected chi connectivity index (χ3v) is 3.88. The minimum Gasteiger partial charge on any atom is -0.496 e. The number of carbonyl (C=O) groups is 1. The molecule has 7 nitrogen and oxygen atoms in total. The molecule has 3 aromatic rings. The van der Waals surface area contributed by atoms with Gasteiger partial charge in [-0.15, -0.1) is 0 Å². The lowest BCUT2D eigenvalue weighted by Gasteiger charge is -2.13. The lowest BCUT2D eigenvalue weighted by atomic mass is 10.1. The maximum Gasteiger partial charge on any atom is 0.264 e. The monoisotopic (exact) mass is 364 g/mol. The zero-order valence-corrected chi connectivity index (χ0v) is 15.1. The summed E-state index contributed by atoms with van der Waals surface area (Å²) < 4.78 is 10.5. The van der Waals surface area contributed by atoms with Gasteiger partial charge in [-0.1, -0.05) is 12.1 Å². The highest BCUT2D eigenvalue weighted by molar-refractivity contribution is 6.07. The second-order valence-electron chi connectivity index (χ2n) is 5.64. The number of anilines is 2. The summed E-state index contributed by atoms with van der Waals surface area (Å²) in [6, 6.07) is 12.6. The Labute approximate surface area is 157 Å². The van der Waals surface area contributed by atoms with Gasteiger partial charge in [0.05, 0.1) is 26.1 Å². The molecule has 0 unspecified atom stereocenters. The number of hydrogen-bond donors (Lipinski definition) is 2. The van der Waals surface area contributed by atoms with Crippen LogP contribution in [0.15, 0.2) is 61.1 Å². The predicted octanol–water partition coefficient (Wildman–Crippen LogP) is 3.36. The van der Waals surface area contributed by atoms with Crippen molar-refractivity contribution in [2.75, 3.05) is 24.9 Å². The van der Waals surface area contributed by atoms with Crippen LogP contribution in [0.5, 0.6) is 11.5 Å². The van der Waals surface area contributed by atoms with Crippen LogP contribution in [0.4, 0.5) is 11.5 Å². The topological polar surface area (TPSA) is 85.4 Å². The van der Waals surface area contributed by atoms with E-state index in [1.807, 2.05) is 18.2 Å². The Balaban J connectivity index is 1.67. The van der Waals surface area contributed by atoms with Crippen LogP contribution in [-0.2, 0) is 6.54 Å². The largest absolute Gasteiger partial charge is 0.496 e. The number of nitrogens with zero attached hydrogens (tertiary/aromatic N) is 2. The second kappa shape index (κ2) is 8.66. The third kappa shape index (κ3) is 4.52. The first-order chi connectivity index (χ1) is 13.2. The molecule has 0 aliphatic heterocycles. The van der Waals surface area contributed by atoms with Crippen LogP contribution in [0.1, 0.15) is 15.9 Å². The maximum absolute atomic E-state index is 12.6. The molecular formula is C20H20N4O3. The van der Waals surface area contributed by atoms with Gasteiger partial charge in [0.1, 0.15) is 22.9 Å². The summed E-state index contributed by atoms with van der Waals surface area (Å²) in [5, 5.41) is 6.02. The summed E-state index contributed by atoms with van der Waals surface area (Å²) >= 11 is 0.